The second-order valence-corrected chi connectivity index (χ2v) is 4.12. The lowest BCUT2D eigenvalue weighted by atomic mass is 10.1. The minimum atomic E-state index is -0.331. The first-order valence-corrected chi connectivity index (χ1v) is 5.22. The molecule has 0 aromatic carbocycles. The van der Waals surface area contributed by atoms with E-state index in [1.807, 2.05) is 0 Å². The Morgan fingerprint density at radius 1 is 1.69 bits per heavy atom. The number of hydrogen-bond donors (Lipinski definition) is 1. The highest BCUT2D eigenvalue weighted by Crippen LogP contribution is 2.37. The molecule has 0 unspecified atom stereocenters. The van der Waals surface area contributed by atoms with Gasteiger partial charge in [0, 0.05) is 18.2 Å². The van der Waals surface area contributed by atoms with Gasteiger partial charge in [-0.1, -0.05) is 0 Å². The molecule has 0 aliphatic carbocycles. The first-order valence-electron chi connectivity index (χ1n) is 5.22. The van der Waals surface area contributed by atoms with Gasteiger partial charge in [-0.05, 0) is 6.92 Å². The number of nitrogens with zero attached hydrogens (tertiary/aromatic N) is 2. The van der Waals surface area contributed by atoms with Gasteiger partial charge in [0.2, 0.25) is 0 Å². The molecule has 6 nitrogen and oxygen atoms in total. The quantitative estimate of drug-likeness (QED) is 0.702. The van der Waals surface area contributed by atoms with Gasteiger partial charge in [0.1, 0.15) is 18.4 Å². The SMILES string of the molecule is Cc1cn2c(nc1=O)O[C@H]1C[C@H]2O[C@@H]1CO. The molecule has 1 aromatic heterocycles. The number of rotatable bonds is 1. The minimum Gasteiger partial charge on any atom is -0.458 e. The lowest BCUT2D eigenvalue weighted by Gasteiger charge is -2.23. The molecule has 2 aliphatic heterocycles. The van der Waals surface area contributed by atoms with E-state index in [2.05, 4.69) is 4.98 Å². The highest BCUT2D eigenvalue weighted by atomic mass is 16.6. The zero-order valence-electron chi connectivity index (χ0n) is 8.79. The van der Waals surface area contributed by atoms with Crippen molar-refractivity contribution in [2.75, 3.05) is 6.61 Å². The van der Waals surface area contributed by atoms with E-state index in [9.17, 15) is 4.79 Å². The summed E-state index contributed by atoms with van der Waals surface area (Å²) < 4.78 is 12.8. The lowest BCUT2D eigenvalue weighted by molar-refractivity contribution is -0.0247. The molecule has 1 aromatic rings. The molecule has 0 amide bonds. The van der Waals surface area contributed by atoms with Crippen LogP contribution in [0.3, 0.4) is 0 Å². The van der Waals surface area contributed by atoms with Gasteiger partial charge >= 0.3 is 6.01 Å². The second-order valence-electron chi connectivity index (χ2n) is 4.12. The third-order valence-electron chi connectivity index (χ3n) is 3.02. The molecule has 0 spiro atoms. The molecule has 0 saturated carbocycles. The van der Waals surface area contributed by atoms with Gasteiger partial charge in [-0.15, -0.1) is 0 Å². The first kappa shape index (κ1) is 9.80. The van der Waals surface area contributed by atoms with Crippen LogP contribution in [0.4, 0.5) is 0 Å². The van der Waals surface area contributed by atoms with Crippen LogP contribution < -0.4 is 10.3 Å². The Hall–Kier alpha value is -1.40. The molecule has 0 radical (unpaired) electrons. The third kappa shape index (κ3) is 1.27. The van der Waals surface area contributed by atoms with Crippen molar-refractivity contribution in [3.63, 3.8) is 0 Å². The molecule has 2 aliphatic rings. The van der Waals surface area contributed by atoms with E-state index < -0.39 is 0 Å². The van der Waals surface area contributed by atoms with E-state index in [4.69, 9.17) is 14.6 Å². The summed E-state index contributed by atoms with van der Waals surface area (Å²) in [5.41, 5.74) is 0.273. The predicted octanol–water partition coefficient (Wildman–Crippen LogP) is -0.407. The summed E-state index contributed by atoms with van der Waals surface area (Å²) >= 11 is 0. The predicted molar refractivity (Wildman–Crippen MR) is 53.3 cm³/mol. The number of hydrogen-bond acceptors (Lipinski definition) is 5. The topological polar surface area (TPSA) is 73.6 Å². The maximum absolute atomic E-state index is 11.4. The van der Waals surface area contributed by atoms with Gasteiger partial charge in [0.25, 0.3) is 5.56 Å². The van der Waals surface area contributed by atoms with E-state index in [0.29, 0.717) is 12.0 Å². The molecular formula is C10H12N2O4. The van der Waals surface area contributed by atoms with Crippen molar-refractivity contribution in [3.8, 4) is 6.01 Å². The molecule has 1 saturated heterocycles. The number of aliphatic hydroxyl groups is 1. The molecule has 2 bridgehead atoms. The zero-order valence-corrected chi connectivity index (χ0v) is 8.79. The fourth-order valence-corrected chi connectivity index (χ4v) is 2.14. The van der Waals surface area contributed by atoms with Crippen molar-refractivity contribution in [2.24, 2.45) is 0 Å². The van der Waals surface area contributed by atoms with Gasteiger partial charge in [-0.25, -0.2) is 0 Å². The van der Waals surface area contributed by atoms with Gasteiger partial charge in [0.05, 0.1) is 6.61 Å². The minimum absolute atomic E-state index is 0.0844. The molecule has 3 heterocycles. The highest BCUT2D eigenvalue weighted by molar-refractivity contribution is 5.12. The summed E-state index contributed by atoms with van der Waals surface area (Å²) in [6.07, 6.45) is 1.65. The fraction of sp³-hybridized carbons (Fsp3) is 0.600. The number of fused-ring (bicyclic) bond motifs is 4. The fourth-order valence-electron chi connectivity index (χ4n) is 2.14. The number of aryl methyl sites for hydroxylation is 1. The van der Waals surface area contributed by atoms with Crippen molar-refractivity contribution in [2.45, 2.75) is 31.8 Å². The van der Waals surface area contributed by atoms with Gasteiger partial charge < -0.3 is 14.6 Å². The molecule has 6 heteroatoms. The van der Waals surface area contributed by atoms with Crippen LogP contribution in [0.1, 0.15) is 18.2 Å². The van der Waals surface area contributed by atoms with Crippen molar-refractivity contribution in [1.82, 2.24) is 9.55 Å². The normalized spacial score (nSPS) is 31.0. The lowest BCUT2D eigenvalue weighted by Crippen LogP contribution is -2.33. The number of aromatic nitrogens is 2. The van der Waals surface area contributed by atoms with E-state index >= 15 is 0 Å². The maximum Gasteiger partial charge on any atom is 0.302 e. The Morgan fingerprint density at radius 3 is 3.25 bits per heavy atom. The third-order valence-corrected chi connectivity index (χ3v) is 3.02. The van der Waals surface area contributed by atoms with Crippen LogP contribution >= 0.6 is 0 Å². The Kier molecular flexibility index (Phi) is 2.02. The molecule has 1 fully saturated rings. The highest BCUT2D eigenvalue weighted by Gasteiger charge is 2.42. The summed E-state index contributed by atoms with van der Waals surface area (Å²) in [7, 11) is 0. The summed E-state index contributed by atoms with van der Waals surface area (Å²) in [4.78, 5) is 15.2. The molecule has 16 heavy (non-hydrogen) atoms. The van der Waals surface area contributed by atoms with Gasteiger partial charge in [0.15, 0.2) is 0 Å². The van der Waals surface area contributed by atoms with Crippen LogP contribution in [0, 0.1) is 6.92 Å². The van der Waals surface area contributed by atoms with Crippen molar-refractivity contribution >= 4 is 0 Å². The van der Waals surface area contributed by atoms with E-state index in [0.717, 1.165) is 0 Å². The standard InChI is InChI=1S/C10H12N2O4/c1-5-3-12-8-2-6(7(4-13)15-8)16-10(12)11-9(5)14/h3,6-8,13H,2,4H2,1H3/t6-,7+,8+/m0/s1. The van der Waals surface area contributed by atoms with E-state index in [1.165, 1.54) is 0 Å². The largest absolute Gasteiger partial charge is 0.458 e. The molecule has 86 valence electrons. The summed E-state index contributed by atoms with van der Waals surface area (Å²) in [5.74, 6) is 0. The number of ether oxygens (including phenoxy) is 2. The number of aliphatic hydroxyl groups excluding tert-OH is 1. The van der Waals surface area contributed by atoms with Crippen molar-refractivity contribution in [1.29, 1.82) is 0 Å². The monoisotopic (exact) mass is 224 g/mol. The molecule has 1 N–H and O–H groups in total. The van der Waals surface area contributed by atoms with E-state index in [-0.39, 0.29) is 36.6 Å². The average molecular weight is 224 g/mol. The Morgan fingerprint density at radius 2 is 2.50 bits per heavy atom. The van der Waals surface area contributed by atoms with Crippen LogP contribution in [-0.4, -0.2) is 33.5 Å². The summed E-state index contributed by atoms with van der Waals surface area (Å²) in [6, 6.07) is 0.285. The molecule has 3 rings (SSSR count). The second kappa shape index (κ2) is 3.29. The molecular weight excluding hydrogens is 212 g/mol. The average Bonchev–Trinajstić information content (AvgIpc) is 2.60. The van der Waals surface area contributed by atoms with Crippen LogP contribution in [0.15, 0.2) is 11.0 Å². The van der Waals surface area contributed by atoms with Crippen LogP contribution in [0.25, 0.3) is 0 Å². The van der Waals surface area contributed by atoms with Crippen LogP contribution in [0.5, 0.6) is 6.01 Å². The van der Waals surface area contributed by atoms with Crippen molar-refractivity contribution < 1.29 is 14.6 Å². The first-order chi connectivity index (χ1) is 7.69. The Labute approximate surface area is 91.4 Å². The summed E-state index contributed by atoms with van der Waals surface area (Å²) in [6.45, 7) is 1.62. The summed E-state index contributed by atoms with van der Waals surface area (Å²) in [5, 5.41) is 9.10. The Bertz CT molecular complexity index is 484. The maximum atomic E-state index is 11.4. The smallest absolute Gasteiger partial charge is 0.302 e. The Balaban J connectivity index is 2.06. The van der Waals surface area contributed by atoms with Gasteiger partial charge in [-0.2, -0.15) is 4.98 Å². The van der Waals surface area contributed by atoms with Gasteiger partial charge in [-0.3, -0.25) is 9.36 Å². The van der Waals surface area contributed by atoms with Crippen LogP contribution in [0.2, 0.25) is 0 Å². The van der Waals surface area contributed by atoms with Crippen LogP contribution in [-0.2, 0) is 4.74 Å². The zero-order chi connectivity index (χ0) is 11.3. The molecule has 3 atom stereocenters. The van der Waals surface area contributed by atoms with Crippen molar-refractivity contribution in [3.05, 3.63) is 22.1 Å². The van der Waals surface area contributed by atoms with E-state index in [1.54, 1.807) is 17.7 Å².